The van der Waals surface area contributed by atoms with E-state index in [9.17, 15) is 0 Å². The summed E-state index contributed by atoms with van der Waals surface area (Å²) in [4.78, 5) is 5.65. The van der Waals surface area contributed by atoms with E-state index in [1.165, 1.54) is 48.5 Å². The van der Waals surface area contributed by atoms with Crippen molar-refractivity contribution >= 4 is 11.3 Å². The fourth-order valence-corrected chi connectivity index (χ4v) is 3.93. The van der Waals surface area contributed by atoms with Crippen LogP contribution in [-0.4, -0.2) is 24.0 Å². The molecule has 1 atom stereocenters. The van der Waals surface area contributed by atoms with E-state index in [1.807, 2.05) is 11.3 Å². The van der Waals surface area contributed by atoms with Gasteiger partial charge < -0.3 is 5.32 Å². The number of rotatable bonds is 6. The molecule has 0 spiro atoms. The third kappa shape index (κ3) is 5.19. The monoisotopic (exact) mass is 294 g/mol. The van der Waals surface area contributed by atoms with Crippen LogP contribution in [0.2, 0.25) is 0 Å². The Morgan fingerprint density at radius 2 is 2.05 bits per heavy atom. The summed E-state index contributed by atoms with van der Waals surface area (Å²) >= 11 is 1.98. The lowest BCUT2D eigenvalue weighted by Crippen LogP contribution is -2.23. The van der Waals surface area contributed by atoms with E-state index in [0.717, 1.165) is 19.0 Å². The van der Waals surface area contributed by atoms with Crippen molar-refractivity contribution in [3.05, 3.63) is 21.9 Å². The Bertz CT molecular complexity index is 386. The number of thiophene rings is 1. The van der Waals surface area contributed by atoms with Crippen LogP contribution in [0.4, 0.5) is 0 Å². The molecular formula is C17H30N2S. The zero-order valence-corrected chi connectivity index (χ0v) is 14.1. The molecule has 1 N–H and O–H groups in total. The highest BCUT2D eigenvalue weighted by Gasteiger charge is 2.16. The molecule has 20 heavy (non-hydrogen) atoms. The number of hydrogen-bond donors (Lipinski definition) is 1. The first-order chi connectivity index (χ1) is 9.67. The summed E-state index contributed by atoms with van der Waals surface area (Å²) < 4.78 is 0. The van der Waals surface area contributed by atoms with E-state index in [2.05, 4.69) is 43.1 Å². The van der Waals surface area contributed by atoms with Gasteiger partial charge in [-0.25, -0.2) is 0 Å². The summed E-state index contributed by atoms with van der Waals surface area (Å²) in [7, 11) is 0. The zero-order valence-electron chi connectivity index (χ0n) is 13.3. The van der Waals surface area contributed by atoms with E-state index in [4.69, 9.17) is 0 Å². The molecule has 2 nitrogen and oxygen atoms in total. The zero-order chi connectivity index (χ0) is 14.4. The van der Waals surface area contributed by atoms with E-state index in [-0.39, 0.29) is 0 Å². The average molecular weight is 295 g/mol. The third-order valence-electron chi connectivity index (χ3n) is 4.30. The largest absolute Gasteiger partial charge is 0.310 e. The third-order valence-corrected chi connectivity index (χ3v) is 5.37. The van der Waals surface area contributed by atoms with Gasteiger partial charge >= 0.3 is 0 Å². The van der Waals surface area contributed by atoms with Crippen LogP contribution in [0.5, 0.6) is 0 Å². The van der Waals surface area contributed by atoms with Gasteiger partial charge in [0.2, 0.25) is 0 Å². The first kappa shape index (κ1) is 16.0. The standard InChI is InChI=1S/C17H30N2S/c1-4-15-6-5-10-19(11-9-15)13-17-8-7-16(20-17)12-18-14(2)3/h7-8,14-15,18H,4-6,9-13H2,1-3H3. The number of nitrogens with zero attached hydrogens (tertiary/aromatic N) is 1. The SMILES string of the molecule is CCC1CCCN(Cc2ccc(CNC(C)C)s2)CC1. The van der Waals surface area contributed by atoms with Crippen LogP contribution < -0.4 is 5.32 Å². The van der Waals surface area contributed by atoms with Gasteiger partial charge in [0.05, 0.1) is 0 Å². The summed E-state index contributed by atoms with van der Waals surface area (Å²) in [5, 5.41) is 3.50. The quantitative estimate of drug-likeness (QED) is 0.843. The van der Waals surface area contributed by atoms with Crippen LogP contribution in [0.25, 0.3) is 0 Å². The molecule has 0 aromatic carbocycles. The summed E-state index contributed by atoms with van der Waals surface area (Å²) in [6, 6.07) is 5.18. The maximum atomic E-state index is 3.50. The van der Waals surface area contributed by atoms with Crippen molar-refractivity contribution in [1.82, 2.24) is 10.2 Å². The summed E-state index contributed by atoms with van der Waals surface area (Å²) in [6.45, 7) is 11.5. The Morgan fingerprint density at radius 3 is 2.80 bits per heavy atom. The van der Waals surface area contributed by atoms with E-state index < -0.39 is 0 Å². The number of hydrogen-bond acceptors (Lipinski definition) is 3. The van der Waals surface area contributed by atoms with Crippen LogP contribution in [-0.2, 0) is 13.1 Å². The van der Waals surface area contributed by atoms with E-state index in [0.29, 0.717) is 6.04 Å². The summed E-state index contributed by atoms with van der Waals surface area (Å²) in [5.41, 5.74) is 0. The van der Waals surface area contributed by atoms with Crippen LogP contribution in [0.1, 0.15) is 56.2 Å². The fourth-order valence-electron chi connectivity index (χ4n) is 2.92. The van der Waals surface area contributed by atoms with Crippen molar-refractivity contribution in [3.63, 3.8) is 0 Å². The Hall–Kier alpha value is -0.380. The van der Waals surface area contributed by atoms with Gasteiger partial charge in [-0.05, 0) is 50.4 Å². The molecule has 3 heteroatoms. The molecule has 0 amide bonds. The van der Waals surface area contributed by atoms with Gasteiger partial charge in [-0.15, -0.1) is 11.3 Å². The minimum Gasteiger partial charge on any atom is -0.310 e. The Morgan fingerprint density at radius 1 is 1.25 bits per heavy atom. The highest BCUT2D eigenvalue weighted by Crippen LogP contribution is 2.23. The molecule has 0 bridgehead atoms. The first-order valence-corrected chi connectivity index (χ1v) is 9.02. The molecule has 1 unspecified atom stereocenters. The normalized spacial score (nSPS) is 21.3. The molecule has 1 fully saturated rings. The smallest absolute Gasteiger partial charge is 0.0328 e. The van der Waals surface area contributed by atoms with Crippen molar-refractivity contribution in [2.45, 2.75) is 65.6 Å². The van der Waals surface area contributed by atoms with Gasteiger partial charge in [0, 0.05) is 28.9 Å². The van der Waals surface area contributed by atoms with Gasteiger partial charge in [-0.2, -0.15) is 0 Å². The molecular weight excluding hydrogens is 264 g/mol. The molecule has 0 radical (unpaired) electrons. The highest BCUT2D eigenvalue weighted by atomic mass is 32.1. The van der Waals surface area contributed by atoms with Gasteiger partial charge in [-0.1, -0.05) is 27.2 Å². The molecule has 0 saturated carbocycles. The topological polar surface area (TPSA) is 15.3 Å². The highest BCUT2D eigenvalue weighted by molar-refractivity contribution is 7.11. The second-order valence-corrected chi connectivity index (χ2v) is 7.64. The van der Waals surface area contributed by atoms with E-state index >= 15 is 0 Å². The van der Waals surface area contributed by atoms with Crippen molar-refractivity contribution in [1.29, 1.82) is 0 Å². The Kier molecular flexibility index (Phi) is 6.53. The first-order valence-electron chi connectivity index (χ1n) is 8.20. The molecule has 0 aliphatic carbocycles. The lowest BCUT2D eigenvalue weighted by Gasteiger charge is -2.19. The second kappa shape index (κ2) is 8.16. The van der Waals surface area contributed by atoms with Gasteiger partial charge in [0.15, 0.2) is 0 Å². The summed E-state index contributed by atoms with van der Waals surface area (Å²) in [5.74, 6) is 0.967. The predicted octanol–water partition coefficient (Wildman–Crippen LogP) is 4.26. The van der Waals surface area contributed by atoms with Crippen LogP contribution in [0.15, 0.2) is 12.1 Å². The average Bonchev–Trinajstić information content (AvgIpc) is 2.74. The lowest BCUT2D eigenvalue weighted by molar-refractivity contribution is 0.274. The van der Waals surface area contributed by atoms with Crippen molar-refractivity contribution in [2.24, 2.45) is 5.92 Å². The molecule has 1 aliphatic rings. The fraction of sp³-hybridized carbons (Fsp3) is 0.765. The molecule has 1 saturated heterocycles. The Labute approximate surface area is 128 Å². The molecule has 2 heterocycles. The number of likely N-dealkylation sites (tertiary alicyclic amines) is 1. The number of nitrogens with one attached hydrogen (secondary N) is 1. The van der Waals surface area contributed by atoms with Crippen molar-refractivity contribution in [3.8, 4) is 0 Å². The van der Waals surface area contributed by atoms with Gasteiger partial charge in [0.25, 0.3) is 0 Å². The minimum atomic E-state index is 0.567. The van der Waals surface area contributed by atoms with Crippen LogP contribution >= 0.6 is 11.3 Å². The van der Waals surface area contributed by atoms with Crippen molar-refractivity contribution < 1.29 is 0 Å². The molecule has 2 rings (SSSR count). The molecule has 1 aliphatic heterocycles. The van der Waals surface area contributed by atoms with Gasteiger partial charge in [0.1, 0.15) is 0 Å². The molecule has 114 valence electrons. The lowest BCUT2D eigenvalue weighted by atomic mass is 9.98. The maximum absolute atomic E-state index is 3.50. The molecule has 1 aromatic rings. The minimum absolute atomic E-state index is 0.567. The predicted molar refractivity (Wildman–Crippen MR) is 89.2 cm³/mol. The second-order valence-electron chi connectivity index (χ2n) is 6.38. The van der Waals surface area contributed by atoms with E-state index in [1.54, 1.807) is 0 Å². The maximum Gasteiger partial charge on any atom is 0.0328 e. The van der Waals surface area contributed by atoms with Crippen LogP contribution in [0.3, 0.4) is 0 Å². The summed E-state index contributed by atoms with van der Waals surface area (Å²) in [6.07, 6.45) is 5.56. The van der Waals surface area contributed by atoms with Gasteiger partial charge in [-0.3, -0.25) is 4.90 Å². The molecule has 1 aromatic heterocycles. The Balaban J connectivity index is 1.80. The van der Waals surface area contributed by atoms with Crippen molar-refractivity contribution in [2.75, 3.05) is 13.1 Å². The van der Waals surface area contributed by atoms with Crippen LogP contribution in [0, 0.1) is 5.92 Å².